The van der Waals surface area contributed by atoms with Gasteiger partial charge in [0, 0.05) is 17.8 Å². The minimum absolute atomic E-state index is 0.0732. The summed E-state index contributed by atoms with van der Waals surface area (Å²) in [7, 11) is 0. The lowest BCUT2D eigenvalue weighted by molar-refractivity contribution is -0.136. The Morgan fingerprint density at radius 1 is 1.39 bits per heavy atom. The fourth-order valence-corrected chi connectivity index (χ4v) is 4.31. The van der Waals surface area contributed by atoms with Crippen molar-refractivity contribution in [2.24, 2.45) is 0 Å². The van der Waals surface area contributed by atoms with Gasteiger partial charge >= 0.3 is 0 Å². The number of nitrogens with zero attached hydrogens (tertiary/aromatic N) is 1. The van der Waals surface area contributed by atoms with Crippen LogP contribution in [0.1, 0.15) is 45.4 Å². The normalized spacial score (nSPS) is 27.8. The van der Waals surface area contributed by atoms with E-state index in [1.807, 2.05) is 11.8 Å². The van der Waals surface area contributed by atoms with Crippen LogP contribution in [-0.4, -0.2) is 47.5 Å². The Kier molecular flexibility index (Phi) is 4.96. The maximum Gasteiger partial charge on any atom is 0.239 e. The molecule has 1 amide bonds. The van der Waals surface area contributed by atoms with Crippen LogP contribution >= 0.6 is 11.8 Å². The topological polar surface area (TPSA) is 32.3 Å². The van der Waals surface area contributed by atoms with Gasteiger partial charge in [-0.25, -0.2) is 0 Å². The number of carbonyl (C=O) groups is 1. The number of amides is 1. The molecule has 1 atom stereocenters. The van der Waals surface area contributed by atoms with Gasteiger partial charge < -0.3 is 10.2 Å². The number of carbonyl (C=O) groups excluding carboxylic acids is 1. The van der Waals surface area contributed by atoms with E-state index < -0.39 is 0 Å². The lowest BCUT2D eigenvalue weighted by Gasteiger charge is -2.38. The molecule has 1 saturated heterocycles. The van der Waals surface area contributed by atoms with Crippen LogP contribution in [0.5, 0.6) is 0 Å². The maximum absolute atomic E-state index is 12.4. The number of piperidine rings is 1. The summed E-state index contributed by atoms with van der Waals surface area (Å²) >= 11 is 1.98. The van der Waals surface area contributed by atoms with Gasteiger partial charge in [0.05, 0.1) is 6.04 Å². The fourth-order valence-electron chi connectivity index (χ4n) is 3.33. The molecule has 1 heterocycles. The molecule has 104 valence electrons. The molecular formula is C14H26N2OS. The monoisotopic (exact) mass is 270 g/mol. The molecule has 1 unspecified atom stereocenters. The molecule has 1 aliphatic heterocycles. The summed E-state index contributed by atoms with van der Waals surface area (Å²) in [5, 5.41) is 3.32. The van der Waals surface area contributed by atoms with E-state index in [1.54, 1.807) is 0 Å². The van der Waals surface area contributed by atoms with Crippen molar-refractivity contribution in [2.75, 3.05) is 25.9 Å². The van der Waals surface area contributed by atoms with Crippen LogP contribution in [0.4, 0.5) is 0 Å². The van der Waals surface area contributed by atoms with E-state index in [-0.39, 0.29) is 6.04 Å². The molecule has 2 aliphatic rings. The molecule has 1 aliphatic carbocycles. The molecule has 3 nitrogen and oxygen atoms in total. The van der Waals surface area contributed by atoms with Crippen molar-refractivity contribution in [2.45, 2.75) is 56.2 Å². The Labute approximate surface area is 115 Å². The molecule has 18 heavy (non-hydrogen) atoms. The van der Waals surface area contributed by atoms with Gasteiger partial charge in [-0.05, 0) is 38.5 Å². The van der Waals surface area contributed by atoms with Crippen LogP contribution in [0.3, 0.4) is 0 Å². The van der Waals surface area contributed by atoms with Gasteiger partial charge in [0.1, 0.15) is 0 Å². The quantitative estimate of drug-likeness (QED) is 0.832. The average molecular weight is 270 g/mol. The van der Waals surface area contributed by atoms with E-state index in [4.69, 9.17) is 0 Å². The smallest absolute Gasteiger partial charge is 0.239 e. The molecule has 2 rings (SSSR count). The summed E-state index contributed by atoms with van der Waals surface area (Å²) in [5.74, 6) is 0.337. The number of rotatable bonds is 5. The average Bonchev–Trinajstić information content (AvgIpc) is 2.84. The SMILES string of the molecule is CCNC1CCCN(CC2(SC)CCCC2)C1=O. The fraction of sp³-hybridized carbons (Fsp3) is 0.929. The van der Waals surface area contributed by atoms with Gasteiger partial charge in [0.2, 0.25) is 5.91 Å². The molecule has 0 aromatic heterocycles. The van der Waals surface area contributed by atoms with Crippen LogP contribution in [0.15, 0.2) is 0 Å². The van der Waals surface area contributed by atoms with E-state index >= 15 is 0 Å². The summed E-state index contributed by atoms with van der Waals surface area (Å²) < 4.78 is 0.351. The Balaban J connectivity index is 1.97. The summed E-state index contributed by atoms with van der Waals surface area (Å²) in [5.41, 5.74) is 0. The van der Waals surface area contributed by atoms with Gasteiger partial charge in [-0.15, -0.1) is 0 Å². The maximum atomic E-state index is 12.4. The molecule has 0 radical (unpaired) electrons. The van der Waals surface area contributed by atoms with Gasteiger partial charge in [-0.2, -0.15) is 11.8 Å². The molecule has 0 bridgehead atoms. The van der Waals surface area contributed by atoms with Gasteiger partial charge in [0.25, 0.3) is 0 Å². The summed E-state index contributed by atoms with van der Waals surface area (Å²) in [6, 6.07) is 0.0732. The first-order chi connectivity index (χ1) is 8.71. The van der Waals surface area contributed by atoms with E-state index in [9.17, 15) is 4.79 Å². The lowest BCUT2D eigenvalue weighted by Crippen LogP contribution is -2.54. The molecular weight excluding hydrogens is 244 g/mol. The van der Waals surface area contributed by atoms with E-state index in [0.29, 0.717) is 10.7 Å². The Hall–Kier alpha value is -0.220. The Bertz CT molecular complexity index is 288. The molecule has 0 spiro atoms. The summed E-state index contributed by atoms with van der Waals surface area (Å²) in [4.78, 5) is 14.5. The zero-order valence-corrected chi connectivity index (χ0v) is 12.5. The predicted octanol–water partition coefficient (Wildman–Crippen LogP) is 2.26. The highest BCUT2D eigenvalue weighted by Crippen LogP contribution is 2.41. The highest BCUT2D eigenvalue weighted by atomic mass is 32.2. The Morgan fingerprint density at radius 3 is 2.72 bits per heavy atom. The van der Waals surface area contributed by atoms with Crippen molar-refractivity contribution in [3.8, 4) is 0 Å². The van der Waals surface area contributed by atoms with Crippen molar-refractivity contribution in [3.05, 3.63) is 0 Å². The zero-order valence-electron chi connectivity index (χ0n) is 11.7. The zero-order chi connectivity index (χ0) is 13.0. The Morgan fingerprint density at radius 2 is 2.11 bits per heavy atom. The summed E-state index contributed by atoms with van der Waals surface area (Å²) in [6.45, 7) is 4.89. The second-order valence-electron chi connectivity index (χ2n) is 5.61. The van der Waals surface area contributed by atoms with Crippen molar-refractivity contribution >= 4 is 17.7 Å². The van der Waals surface area contributed by atoms with Crippen molar-refractivity contribution in [1.29, 1.82) is 0 Å². The summed E-state index contributed by atoms with van der Waals surface area (Å²) in [6.07, 6.45) is 9.59. The van der Waals surface area contributed by atoms with Crippen molar-refractivity contribution < 1.29 is 4.79 Å². The standard InChI is InChI=1S/C14H26N2OS/c1-3-15-12-7-6-10-16(13(12)17)11-14(18-2)8-4-5-9-14/h12,15H,3-11H2,1-2H3. The van der Waals surface area contributed by atoms with Gasteiger partial charge in [-0.3, -0.25) is 4.79 Å². The minimum Gasteiger partial charge on any atom is -0.340 e. The minimum atomic E-state index is 0.0732. The molecule has 2 fully saturated rings. The predicted molar refractivity (Wildman–Crippen MR) is 78.0 cm³/mol. The molecule has 1 saturated carbocycles. The number of likely N-dealkylation sites (tertiary alicyclic amines) is 1. The molecule has 0 aromatic rings. The number of thioether (sulfide) groups is 1. The van der Waals surface area contributed by atoms with Gasteiger partial charge in [0.15, 0.2) is 0 Å². The lowest BCUT2D eigenvalue weighted by atomic mass is 10.0. The first kappa shape index (κ1) is 14.2. The highest BCUT2D eigenvalue weighted by Gasteiger charge is 2.38. The van der Waals surface area contributed by atoms with Crippen LogP contribution < -0.4 is 5.32 Å². The number of hydrogen-bond acceptors (Lipinski definition) is 3. The first-order valence-corrected chi connectivity index (χ1v) is 8.50. The van der Waals surface area contributed by atoms with Crippen molar-refractivity contribution in [1.82, 2.24) is 10.2 Å². The third-order valence-electron chi connectivity index (χ3n) is 4.41. The van der Waals surface area contributed by atoms with E-state index in [2.05, 4.69) is 23.4 Å². The molecule has 1 N–H and O–H groups in total. The van der Waals surface area contributed by atoms with Crippen LogP contribution in [0.2, 0.25) is 0 Å². The number of nitrogens with one attached hydrogen (secondary N) is 1. The second kappa shape index (κ2) is 6.29. The van der Waals surface area contributed by atoms with E-state index in [1.165, 1.54) is 25.7 Å². The second-order valence-corrected chi connectivity index (χ2v) is 6.88. The molecule has 0 aromatic carbocycles. The van der Waals surface area contributed by atoms with Crippen LogP contribution in [-0.2, 0) is 4.79 Å². The van der Waals surface area contributed by atoms with E-state index in [0.717, 1.165) is 32.5 Å². The third-order valence-corrected chi connectivity index (χ3v) is 5.81. The van der Waals surface area contributed by atoms with Crippen LogP contribution in [0.25, 0.3) is 0 Å². The highest BCUT2D eigenvalue weighted by molar-refractivity contribution is 8.00. The van der Waals surface area contributed by atoms with Crippen LogP contribution in [0, 0.1) is 0 Å². The van der Waals surface area contributed by atoms with Crippen molar-refractivity contribution in [3.63, 3.8) is 0 Å². The number of hydrogen-bond donors (Lipinski definition) is 1. The molecule has 4 heteroatoms. The first-order valence-electron chi connectivity index (χ1n) is 7.28. The largest absolute Gasteiger partial charge is 0.340 e. The third kappa shape index (κ3) is 3.02. The number of likely N-dealkylation sites (N-methyl/N-ethyl adjacent to an activating group) is 1. The van der Waals surface area contributed by atoms with Gasteiger partial charge in [-0.1, -0.05) is 19.8 Å².